The zero-order chi connectivity index (χ0) is 20.5. The van der Waals surface area contributed by atoms with Crippen LogP contribution in [0.4, 0.5) is 0 Å². The van der Waals surface area contributed by atoms with E-state index in [0.717, 1.165) is 5.56 Å². The van der Waals surface area contributed by atoms with E-state index < -0.39 is 21.4 Å². The van der Waals surface area contributed by atoms with Crippen molar-refractivity contribution in [2.75, 3.05) is 13.7 Å². The van der Waals surface area contributed by atoms with Gasteiger partial charge in [0.05, 0.1) is 23.1 Å². The van der Waals surface area contributed by atoms with Crippen molar-refractivity contribution in [3.8, 4) is 5.75 Å². The second kappa shape index (κ2) is 7.42. The molecule has 1 atom stereocenters. The zero-order valence-corrected chi connectivity index (χ0v) is 16.6. The van der Waals surface area contributed by atoms with Crippen molar-refractivity contribution in [3.63, 3.8) is 0 Å². The van der Waals surface area contributed by atoms with Crippen LogP contribution >= 0.6 is 0 Å². The van der Waals surface area contributed by atoms with E-state index in [0.29, 0.717) is 16.8 Å². The molecule has 0 aliphatic carbocycles. The summed E-state index contributed by atoms with van der Waals surface area (Å²) in [5, 5.41) is 10.6. The van der Waals surface area contributed by atoms with Crippen molar-refractivity contribution in [3.05, 3.63) is 58.6 Å². The molecule has 0 bridgehead atoms. The lowest BCUT2D eigenvalue weighted by Crippen LogP contribution is -2.42. The number of rotatable bonds is 7. The van der Waals surface area contributed by atoms with Gasteiger partial charge in [-0.1, -0.05) is 12.1 Å². The number of fused-ring (bicyclic) bond motifs is 1. The molecule has 0 aliphatic heterocycles. The number of benzene rings is 2. The summed E-state index contributed by atoms with van der Waals surface area (Å²) in [6.07, 6.45) is 0.259. The molecule has 9 heteroatoms. The Balaban J connectivity index is 1.74. The summed E-state index contributed by atoms with van der Waals surface area (Å²) in [5.41, 5.74) is 0.226. The van der Waals surface area contributed by atoms with Crippen LogP contribution < -0.4 is 15.2 Å². The van der Waals surface area contributed by atoms with E-state index in [1.807, 2.05) is 12.1 Å². The van der Waals surface area contributed by atoms with E-state index in [4.69, 9.17) is 9.15 Å². The normalized spacial score (nSPS) is 14.1. The van der Waals surface area contributed by atoms with Crippen LogP contribution in [0.15, 0.2) is 56.6 Å². The molecule has 0 unspecified atom stereocenters. The number of oxazole rings is 1. The van der Waals surface area contributed by atoms with Crippen molar-refractivity contribution in [2.45, 2.75) is 23.8 Å². The van der Waals surface area contributed by atoms with Crippen molar-refractivity contribution >= 4 is 21.1 Å². The van der Waals surface area contributed by atoms with Crippen LogP contribution in [-0.4, -0.2) is 37.3 Å². The highest BCUT2D eigenvalue weighted by atomic mass is 32.2. The number of nitrogens with one attached hydrogen (secondary N) is 1. The minimum Gasteiger partial charge on any atom is -0.497 e. The molecule has 1 aromatic heterocycles. The van der Waals surface area contributed by atoms with Crippen LogP contribution in [0.5, 0.6) is 5.75 Å². The lowest BCUT2D eigenvalue weighted by molar-refractivity contribution is 0.0657. The SMILES string of the molecule is COc1ccc(C[C@](C)(O)CNS(=O)(=O)c2ccc3oc(=O)n(C)c3c2)cc1. The van der Waals surface area contributed by atoms with Crippen LogP contribution in [0.3, 0.4) is 0 Å². The molecule has 150 valence electrons. The van der Waals surface area contributed by atoms with Crippen LogP contribution in [0.1, 0.15) is 12.5 Å². The summed E-state index contributed by atoms with van der Waals surface area (Å²) >= 11 is 0. The molecule has 3 rings (SSSR count). The molecule has 2 N–H and O–H groups in total. The number of methoxy groups -OCH3 is 1. The average molecular weight is 406 g/mol. The summed E-state index contributed by atoms with van der Waals surface area (Å²) < 4.78 is 39.0. The fraction of sp³-hybridized carbons (Fsp3) is 0.316. The third-order valence-electron chi connectivity index (χ3n) is 4.46. The topological polar surface area (TPSA) is 111 Å². The number of aromatic nitrogens is 1. The predicted octanol–water partition coefficient (Wildman–Crippen LogP) is 1.41. The van der Waals surface area contributed by atoms with E-state index in [-0.39, 0.29) is 17.9 Å². The van der Waals surface area contributed by atoms with Gasteiger partial charge in [0.2, 0.25) is 10.0 Å². The Kier molecular flexibility index (Phi) is 5.33. The van der Waals surface area contributed by atoms with Gasteiger partial charge < -0.3 is 14.3 Å². The Morgan fingerprint density at radius 2 is 1.89 bits per heavy atom. The van der Waals surface area contributed by atoms with Crippen molar-refractivity contribution < 1.29 is 22.7 Å². The van der Waals surface area contributed by atoms with Gasteiger partial charge in [-0.3, -0.25) is 4.57 Å². The summed E-state index contributed by atoms with van der Waals surface area (Å²) in [6.45, 7) is 1.38. The lowest BCUT2D eigenvalue weighted by atomic mass is 9.97. The Bertz CT molecular complexity index is 1140. The summed E-state index contributed by atoms with van der Waals surface area (Å²) in [4.78, 5) is 11.5. The molecular weight excluding hydrogens is 384 g/mol. The molecule has 8 nitrogen and oxygen atoms in total. The van der Waals surface area contributed by atoms with Crippen LogP contribution in [0.2, 0.25) is 0 Å². The molecule has 0 amide bonds. The molecular formula is C19H22N2O6S. The van der Waals surface area contributed by atoms with Crippen molar-refractivity contribution in [2.24, 2.45) is 7.05 Å². The maximum atomic E-state index is 12.6. The monoisotopic (exact) mass is 406 g/mol. The maximum Gasteiger partial charge on any atom is 0.419 e. The van der Waals surface area contributed by atoms with Gasteiger partial charge in [-0.25, -0.2) is 17.9 Å². The van der Waals surface area contributed by atoms with E-state index in [1.165, 1.54) is 29.8 Å². The molecule has 1 heterocycles. The van der Waals surface area contributed by atoms with Gasteiger partial charge >= 0.3 is 5.76 Å². The molecule has 3 aromatic rings. The predicted molar refractivity (Wildman–Crippen MR) is 104 cm³/mol. The third kappa shape index (κ3) is 4.27. The second-order valence-corrected chi connectivity index (χ2v) is 8.67. The Labute approximate surface area is 162 Å². The number of sulfonamides is 1. The van der Waals surface area contributed by atoms with Gasteiger partial charge in [-0.2, -0.15) is 0 Å². The maximum absolute atomic E-state index is 12.6. The molecule has 28 heavy (non-hydrogen) atoms. The standard InChI is InChI=1S/C19H22N2O6S/c1-19(23,11-13-4-6-14(26-3)7-5-13)12-20-28(24,25)15-8-9-17-16(10-15)21(2)18(22)27-17/h4-10,20,23H,11-12H2,1-3H3/t19-/m0/s1. The Morgan fingerprint density at radius 1 is 1.21 bits per heavy atom. The van der Waals surface area contributed by atoms with Gasteiger partial charge in [-0.05, 0) is 42.8 Å². The quantitative estimate of drug-likeness (QED) is 0.614. The summed E-state index contributed by atoms with van der Waals surface area (Å²) in [6, 6.07) is 11.3. The smallest absolute Gasteiger partial charge is 0.419 e. The Hall–Kier alpha value is -2.62. The molecule has 0 saturated carbocycles. The Morgan fingerprint density at radius 3 is 2.54 bits per heavy atom. The van der Waals surface area contributed by atoms with Gasteiger partial charge in [0.15, 0.2) is 5.58 Å². The molecule has 0 radical (unpaired) electrons. The summed E-state index contributed by atoms with van der Waals surface area (Å²) in [5.74, 6) is 0.132. The number of hydrogen-bond donors (Lipinski definition) is 2. The molecule has 0 spiro atoms. The number of aryl methyl sites for hydroxylation is 1. The van der Waals surface area contributed by atoms with Crippen molar-refractivity contribution in [1.29, 1.82) is 0 Å². The minimum atomic E-state index is -3.88. The molecule has 2 aromatic carbocycles. The molecule has 0 fully saturated rings. The number of aliphatic hydroxyl groups is 1. The first-order valence-corrected chi connectivity index (χ1v) is 10.0. The largest absolute Gasteiger partial charge is 0.497 e. The highest BCUT2D eigenvalue weighted by Crippen LogP contribution is 2.20. The first-order chi connectivity index (χ1) is 13.1. The van der Waals surface area contributed by atoms with Gasteiger partial charge in [0.1, 0.15) is 5.75 Å². The number of hydrogen-bond acceptors (Lipinski definition) is 6. The molecule has 0 saturated heterocycles. The lowest BCUT2D eigenvalue weighted by Gasteiger charge is -2.24. The fourth-order valence-electron chi connectivity index (χ4n) is 2.85. The van der Waals surface area contributed by atoms with Crippen LogP contribution in [0, 0.1) is 0 Å². The highest BCUT2D eigenvalue weighted by Gasteiger charge is 2.25. The third-order valence-corrected chi connectivity index (χ3v) is 5.86. The summed E-state index contributed by atoms with van der Waals surface area (Å²) in [7, 11) is -0.817. The number of ether oxygens (including phenoxy) is 1. The van der Waals surface area contributed by atoms with Crippen molar-refractivity contribution in [1.82, 2.24) is 9.29 Å². The van der Waals surface area contributed by atoms with E-state index in [2.05, 4.69) is 4.72 Å². The molecule has 0 aliphatic rings. The fourth-order valence-corrected chi connectivity index (χ4v) is 4.03. The first kappa shape index (κ1) is 20.1. The van der Waals surface area contributed by atoms with E-state index in [1.54, 1.807) is 26.2 Å². The van der Waals surface area contributed by atoms with Crippen LogP contribution in [0.25, 0.3) is 11.1 Å². The second-order valence-electron chi connectivity index (χ2n) is 6.90. The number of nitrogens with zero attached hydrogens (tertiary/aromatic N) is 1. The first-order valence-electron chi connectivity index (χ1n) is 8.56. The zero-order valence-electron chi connectivity index (χ0n) is 15.8. The van der Waals surface area contributed by atoms with Gasteiger partial charge in [0.25, 0.3) is 0 Å². The average Bonchev–Trinajstić information content (AvgIpc) is 2.94. The van der Waals surface area contributed by atoms with E-state index >= 15 is 0 Å². The van der Waals surface area contributed by atoms with E-state index in [9.17, 15) is 18.3 Å². The highest BCUT2D eigenvalue weighted by molar-refractivity contribution is 7.89. The van der Waals surface area contributed by atoms with Gasteiger partial charge in [-0.15, -0.1) is 0 Å². The van der Waals surface area contributed by atoms with Crippen LogP contribution in [-0.2, 0) is 23.5 Å². The van der Waals surface area contributed by atoms with Gasteiger partial charge in [0, 0.05) is 20.0 Å². The minimum absolute atomic E-state index is 0.0170.